The van der Waals surface area contributed by atoms with Crippen molar-refractivity contribution in [3.63, 3.8) is 0 Å². The van der Waals surface area contributed by atoms with Crippen LogP contribution in [0.5, 0.6) is 0 Å². The molecule has 11 heavy (non-hydrogen) atoms. The van der Waals surface area contributed by atoms with Crippen molar-refractivity contribution in [2.75, 3.05) is 0 Å². The first-order chi connectivity index (χ1) is 5.24. The maximum atomic E-state index is 5.19. The summed E-state index contributed by atoms with van der Waals surface area (Å²) in [6, 6.07) is 2.05. The van der Waals surface area contributed by atoms with Gasteiger partial charge in [-0.15, -0.1) is 0 Å². The molecule has 0 unspecified atom stereocenters. The van der Waals surface area contributed by atoms with Gasteiger partial charge in [0.05, 0.1) is 0 Å². The van der Waals surface area contributed by atoms with Crippen LogP contribution < -0.4 is 11.3 Å². The summed E-state index contributed by atoms with van der Waals surface area (Å²) in [5.74, 6) is 5.19. The summed E-state index contributed by atoms with van der Waals surface area (Å²) in [4.78, 5) is 4.16. The van der Waals surface area contributed by atoms with Gasteiger partial charge in [-0.25, -0.2) is 0 Å². The predicted octanol–water partition coefficient (Wildman–Crippen LogP) is 0.662. The summed E-state index contributed by atoms with van der Waals surface area (Å²) in [5, 5.41) is 0. The molecule has 0 fully saturated rings. The molecule has 1 aromatic heterocycles. The van der Waals surface area contributed by atoms with Crippen LogP contribution >= 0.6 is 0 Å². The molecular weight excluding hydrogens is 138 g/mol. The zero-order valence-corrected chi connectivity index (χ0v) is 6.89. The van der Waals surface area contributed by atoms with E-state index in [1.54, 1.807) is 0 Å². The molecule has 0 radical (unpaired) electrons. The number of aryl methyl sites for hydroxylation is 2. The minimum absolute atomic E-state index is 0.680. The number of pyridine rings is 1. The molecule has 0 aliphatic carbocycles. The van der Waals surface area contributed by atoms with Gasteiger partial charge in [0.25, 0.3) is 0 Å². The maximum absolute atomic E-state index is 5.19. The standard InChI is InChI=1S/C8H13N3/c1-6-3-7(2)10-4-8(6)5-11-9/h3-4,11H,5,9H2,1-2H3. The van der Waals surface area contributed by atoms with E-state index in [-0.39, 0.29) is 0 Å². The molecule has 0 saturated heterocycles. The third kappa shape index (κ3) is 2.00. The summed E-state index contributed by atoms with van der Waals surface area (Å²) in [6.45, 7) is 4.72. The lowest BCUT2D eigenvalue weighted by atomic mass is 10.1. The molecule has 0 aliphatic heterocycles. The summed E-state index contributed by atoms with van der Waals surface area (Å²) in [6.07, 6.45) is 1.85. The van der Waals surface area contributed by atoms with Crippen LogP contribution in [0.1, 0.15) is 16.8 Å². The number of rotatable bonds is 2. The highest BCUT2D eigenvalue weighted by Gasteiger charge is 1.96. The molecule has 0 bridgehead atoms. The highest BCUT2D eigenvalue weighted by atomic mass is 15.2. The smallest absolute Gasteiger partial charge is 0.0375 e. The van der Waals surface area contributed by atoms with E-state index in [1.807, 2.05) is 19.2 Å². The molecule has 1 heterocycles. The van der Waals surface area contributed by atoms with Crippen LogP contribution in [0.4, 0.5) is 0 Å². The first-order valence-electron chi connectivity index (χ1n) is 3.59. The molecule has 60 valence electrons. The van der Waals surface area contributed by atoms with Gasteiger partial charge in [-0.05, 0) is 31.0 Å². The highest BCUT2D eigenvalue weighted by molar-refractivity contribution is 5.24. The first-order valence-corrected chi connectivity index (χ1v) is 3.59. The number of hydrazine groups is 1. The third-order valence-corrected chi connectivity index (χ3v) is 1.65. The second-order valence-electron chi connectivity index (χ2n) is 2.63. The molecule has 3 heteroatoms. The molecule has 1 rings (SSSR count). The fraction of sp³-hybridized carbons (Fsp3) is 0.375. The number of nitrogens with zero attached hydrogens (tertiary/aromatic N) is 1. The SMILES string of the molecule is Cc1cc(C)c(CNN)cn1. The molecule has 0 saturated carbocycles. The Bertz CT molecular complexity index is 245. The van der Waals surface area contributed by atoms with Crippen LogP contribution in [-0.2, 0) is 6.54 Å². The van der Waals surface area contributed by atoms with Gasteiger partial charge in [-0.3, -0.25) is 16.3 Å². The van der Waals surface area contributed by atoms with Gasteiger partial charge in [0.15, 0.2) is 0 Å². The topological polar surface area (TPSA) is 50.9 Å². The summed E-state index contributed by atoms with van der Waals surface area (Å²) < 4.78 is 0. The van der Waals surface area contributed by atoms with Crippen LogP contribution in [0.15, 0.2) is 12.3 Å². The van der Waals surface area contributed by atoms with Crippen LogP contribution in [0.25, 0.3) is 0 Å². The second-order valence-corrected chi connectivity index (χ2v) is 2.63. The van der Waals surface area contributed by atoms with E-state index in [9.17, 15) is 0 Å². The van der Waals surface area contributed by atoms with Gasteiger partial charge in [-0.1, -0.05) is 0 Å². The molecule has 1 aromatic rings. The zero-order valence-electron chi connectivity index (χ0n) is 6.89. The Hall–Kier alpha value is -0.930. The van der Waals surface area contributed by atoms with Crippen molar-refractivity contribution in [1.29, 1.82) is 0 Å². The Labute approximate surface area is 66.6 Å². The van der Waals surface area contributed by atoms with Gasteiger partial charge < -0.3 is 0 Å². The minimum Gasteiger partial charge on any atom is -0.271 e. The summed E-state index contributed by atoms with van der Waals surface area (Å²) in [7, 11) is 0. The van der Waals surface area contributed by atoms with Crippen molar-refractivity contribution in [3.8, 4) is 0 Å². The minimum atomic E-state index is 0.680. The normalized spacial score (nSPS) is 10.1. The van der Waals surface area contributed by atoms with Gasteiger partial charge in [0.1, 0.15) is 0 Å². The first kappa shape index (κ1) is 8.17. The van der Waals surface area contributed by atoms with Crippen molar-refractivity contribution in [2.24, 2.45) is 5.84 Å². The lowest BCUT2D eigenvalue weighted by molar-refractivity contribution is 0.733. The van der Waals surface area contributed by atoms with Crippen LogP contribution in [0, 0.1) is 13.8 Å². The highest BCUT2D eigenvalue weighted by Crippen LogP contribution is 2.06. The third-order valence-electron chi connectivity index (χ3n) is 1.65. The average Bonchev–Trinajstić information content (AvgIpc) is 1.95. The largest absolute Gasteiger partial charge is 0.271 e. The maximum Gasteiger partial charge on any atom is 0.0375 e. The predicted molar refractivity (Wildman–Crippen MR) is 44.7 cm³/mol. The Morgan fingerprint density at radius 1 is 1.55 bits per heavy atom. The second kappa shape index (κ2) is 3.46. The number of aromatic nitrogens is 1. The average molecular weight is 151 g/mol. The lowest BCUT2D eigenvalue weighted by Crippen LogP contribution is -2.21. The Balaban J connectivity index is 2.90. The van der Waals surface area contributed by atoms with E-state index in [4.69, 9.17) is 5.84 Å². The molecule has 0 amide bonds. The number of nitrogens with two attached hydrogens (primary N) is 1. The van der Waals surface area contributed by atoms with E-state index in [2.05, 4.69) is 17.3 Å². The molecule has 0 aromatic carbocycles. The Morgan fingerprint density at radius 3 is 2.82 bits per heavy atom. The van der Waals surface area contributed by atoms with Crippen LogP contribution in [-0.4, -0.2) is 4.98 Å². The molecule has 3 nitrogen and oxygen atoms in total. The Morgan fingerprint density at radius 2 is 2.27 bits per heavy atom. The number of nitrogens with one attached hydrogen (secondary N) is 1. The number of hydrogen-bond acceptors (Lipinski definition) is 3. The van der Waals surface area contributed by atoms with E-state index < -0.39 is 0 Å². The van der Waals surface area contributed by atoms with Crippen molar-refractivity contribution < 1.29 is 0 Å². The van der Waals surface area contributed by atoms with Gasteiger partial charge >= 0.3 is 0 Å². The molecule has 0 spiro atoms. The van der Waals surface area contributed by atoms with E-state index >= 15 is 0 Å². The molecule has 0 atom stereocenters. The van der Waals surface area contributed by atoms with Crippen molar-refractivity contribution in [2.45, 2.75) is 20.4 Å². The molecule has 3 N–H and O–H groups in total. The summed E-state index contributed by atoms with van der Waals surface area (Å²) >= 11 is 0. The van der Waals surface area contributed by atoms with Crippen LogP contribution in [0.3, 0.4) is 0 Å². The van der Waals surface area contributed by atoms with Crippen molar-refractivity contribution in [1.82, 2.24) is 10.4 Å². The molecule has 0 aliphatic rings. The lowest BCUT2D eigenvalue weighted by Gasteiger charge is -2.03. The monoisotopic (exact) mass is 151 g/mol. The quantitative estimate of drug-likeness (QED) is 0.482. The van der Waals surface area contributed by atoms with Crippen molar-refractivity contribution >= 4 is 0 Å². The van der Waals surface area contributed by atoms with E-state index in [1.165, 1.54) is 5.56 Å². The number of hydrogen-bond donors (Lipinski definition) is 2. The Kier molecular flexibility index (Phi) is 2.57. The fourth-order valence-electron chi connectivity index (χ4n) is 1.02. The van der Waals surface area contributed by atoms with Gasteiger partial charge in [0, 0.05) is 18.4 Å². The zero-order chi connectivity index (χ0) is 8.27. The van der Waals surface area contributed by atoms with Crippen molar-refractivity contribution in [3.05, 3.63) is 29.1 Å². The van der Waals surface area contributed by atoms with Gasteiger partial charge in [0.2, 0.25) is 0 Å². The van der Waals surface area contributed by atoms with Gasteiger partial charge in [-0.2, -0.15) is 0 Å². The fourth-order valence-corrected chi connectivity index (χ4v) is 1.02. The molecular formula is C8H13N3. The summed E-state index contributed by atoms with van der Waals surface area (Å²) in [5.41, 5.74) is 6.03. The van der Waals surface area contributed by atoms with E-state index in [0.29, 0.717) is 6.54 Å². The van der Waals surface area contributed by atoms with Crippen LogP contribution in [0.2, 0.25) is 0 Å². The van der Waals surface area contributed by atoms with E-state index in [0.717, 1.165) is 11.3 Å².